The number of furan rings is 1. The van der Waals surface area contributed by atoms with Crippen molar-refractivity contribution in [3.8, 4) is 16.9 Å². The Morgan fingerprint density at radius 2 is 1.80 bits per heavy atom. The summed E-state index contributed by atoms with van der Waals surface area (Å²) in [4.78, 5) is 2.30. The second-order valence-electron chi connectivity index (χ2n) is 7.92. The number of nitrogens with zero attached hydrogens (tertiary/aromatic N) is 1. The summed E-state index contributed by atoms with van der Waals surface area (Å²) in [5.41, 5.74) is 5.79. The van der Waals surface area contributed by atoms with Crippen LogP contribution in [0, 0.1) is 0 Å². The molecule has 0 saturated carbocycles. The van der Waals surface area contributed by atoms with E-state index in [-0.39, 0.29) is 6.61 Å². The molecule has 1 unspecified atom stereocenters. The zero-order chi connectivity index (χ0) is 20.3. The summed E-state index contributed by atoms with van der Waals surface area (Å²) in [6.07, 6.45) is 2.21. The fraction of sp³-hybridized carbons (Fsp3) is 0.231. The molecule has 30 heavy (non-hydrogen) atoms. The molecule has 2 heterocycles. The Morgan fingerprint density at radius 3 is 2.73 bits per heavy atom. The van der Waals surface area contributed by atoms with E-state index in [9.17, 15) is 5.11 Å². The molecule has 5 rings (SSSR count). The lowest BCUT2D eigenvalue weighted by Gasteiger charge is -2.30. The maximum Gasteiger partial charge on any atom is 0.134 e. The molecule has 4 nitrogen and oxygen atoms in total. The standard InChI is InChI=1S/C26H25NO3/c28-24(17-27-12-10-19-4-1-2-5-23(19)16-27)18-30-25-7-3-6-21(14-25)22-9-8-20-11-13-29-26(20)15-22/h1-9,11,13-15,24,28H,10,12,16-18H2. The molecule has 3 aromatic carbocycles. The fourth-order valence-electron chi connectivity index (χ4n) is 4.15. The third-order valence-corrected chi connectivity index (χ3v) is 5.74. The van der Waals surface area contributed by atoms with Crippen LogP contribution in [0.3, 0.4) is 0 Å². The Bertz CT molecular complexity index is 1150. The van der Waals surface area contributed by atoms with Crippen LogP contribution in [0.25, 0.3) is 22.1 Å². The highest BCUT2D eigenvalue weighted by Gasteiger charge is 2.18. The van der Waals surface area contributed by atoms with Gasteiger partial charge in [-0.1, -0.05) is 48.5 Å². The van der Waals surface area contributed by atoms with E-state index in [1.54, 1.807) is 6.26 Å². The Morgan fingerprint density at radius 1 is 0.933 bits per heavy atom. The Hall–Kier alpha value is -3.08. The van der Waals surface area contributed by atoms with E-state index >= 15 is 0 Å². The second-order valence-corrected chi connectivity index (χ2v) is 7.92. The highest BCUT2D eigenvalue weighted by atomic mass is 16.5. The molecule has 0 saturated heterocycles. The van der Waals surface area contributed by atoms with Crippen LogP contribution >= 0.6 is 0 Å². The number of fused-ring (bicyclic) bond motifs is 2. The number of aliphatic hydroxyl groups is 1. The van der Waals surface area contributed by atoms with Gasteiger partial charge in [-0.2, -0.15) is 0 Å². The maximum absolute atomic E-state index is 10.5. The van der Waals surface area contributed by atoms with E-state index in [1.165, 1.54) is 11.1 Å². The average Bonchev–Trinajstić information content (AvgIpc) is 3.26. The number of hydrogen-bond acceptors (Lipinski definition) is 4. The van der Waals surface area contributed by atoms with Crippen molar-refractivity contribution in [1.29, 1.82) is 0 Å². The van der Waals surface area contributed by atoms with Crippen molar-refractivity contribution in [2.45, 2.75) is 19.1 Å². The van der Waals surface area contributed by atoms with E-state index in [0.29, 0.717) is 6.54 Å². The molecule has 0 fully saturated rings. The summed E-state index contributed by atoms with van der Waals surface area (Å²) >= 11 is 0. The van der Waals surface area contributed by atoms with Crippen molar-refractivity contribution in [2.75, 3.05) is 19.7 Å². The molecule has 0 radical (unpaired) electrons. The minimum Gasteiger partial charge on any atom is -0.491 e. The number of ether oxygens (including phenoxy) is 1. The predicted molar refractivity (Wildman–Crippen MR) is 119 cm³/mol. The topological polar surface area (TPSA) is 45.8 Å². The van der Waals surface area contributed by atoms with Gasteiger partial charge in [-0.05, 0) is 52.9 Å². The first-order valence-electron chi connectivity index (χ1n) is 10.4. The van der Waals surface area contributed by atoms with E-state index in [2.05, 4.69) is 47.4 Å². The summed E-state index contributed by atoms with van der Waals surface area (Å²) in [6, 6.07) is 24.7. The van der Waals surface area contributed by atoms with Crippen LogP contribution in [0.2, 0.25) is 0 Å². The molecule has 1 aliphatic heterocycles. The molecule has 4 heteroatoms. The van der Waals surface area contributed by atoms with Gasteiger partial charge in [-0.15, -0.1) is 0 Å². The van der Waals surface area contributed by atoms with Gasteiger partial charge in [0.15, 0.2) is 0 Å². The van der Waals surface area contributed by atoms with Crippen molar-refractivity contribution < 1.29 is 14.3 Å². The lowest BCUT2D eigenvalue weighted by Crippen LogP contribution is -2.38. The van der Waals surface area contributed by atoms with Gasteiger partial charge in [0.2, 0.25) is 0 Å². The van der Waals surface area contributed by atoms with Crippen LogP contribution in [-0.2, 0) is 13.0 Å². The predicted octanol–water partition coefficient (Wildman–Crippen LogP) is 4.90. The molecule has 4 aromatic rings. The van der Waals surface area contributed by atoms with Gasteiger partial charge < -0.3 is 14.3 Å². The van der Waals surface area contributed by atoms with E-state index < -0.39 is 6.10 Å². The first-order valence-corrected chi connectivity index (χ1v) is 10.4. The Labute approximate surface area is 176 Å². The molecule has 0 spiro atoms. The highest BCUT2D eigenvalue weighted by Crippen LogP contribution is 2.28. The summed E-state index contributed by atoms with van der Waals surface area (Å²) in [7, 11) is 0. The number of benzene rings is 3. The third-order valence-electron chi connectivity index (χ3n) is 5.74. The lowest BCUT2D eigenvalue weighted by molar-refractivity contribution is 0.0638. The third kappa shape index (κ3) is 4.11. The first-order chi connectivity index (χ1) is 14.7. The van der Waals surface area contributed by atoms with Crippen molar-refractivity contribution in [3.63, 3.8) is 0 Å². The first kappa shape index (κ1) is 18.9. The van der Waals surface area contributed by atoms with Crippen molar-refractivity contribution in [3.05, 3.63) is 90.2 Å². The summed E-state index contributed by atoms with van der Waals surface area (Å²) < 4.78 is 11.4. The van der Waals surface area contributed by atoms with E-state index in [1.807, 2.05) is 30.3 Å². The molecular formula is C26H25NO3. The number of hydrogen-bond donors (Lipinski definition) is 1. The SMILES string of the molecule is OC(COc1cccc(-c2ccc3ccoc3c2)c1)CN1CCc2ccccc2C1. The Kier molecular flexibility index (Phi) is 5.26. The molecule has 1 aromatic heterocycles. The van der Waals surface area contributed by atoms with Crippen molar-refractivity contribution in [1.82, 2.24) is 4.90 Å². The normalized spacial score (nSPS) is 15.1. The highest BCUT2D eigenvalue weighted by molar-refractivity contribution is 5.83. The van der Waals surface area contributed by atoms with Crippen LogP contribution in [0.1, 0.15) is 11.1 Å². The smallest absolute Gasteiger partial charge is 0.134 e. The molecule has 1 aliphatic rings. The number of rotatable bonds is 6. The molecular weight excluding hydrogens is 374 g/mol. The maximum atomic E-state index is 10.5. The van der Waals surface area contributed by atoms with Gasteiger partial charge >= 0.3 is 0 Å². The van der Waals surface area contributed by atoms with E-state index in [0.717, 1.165) is 47.4 Å². The van der Waals surface area contributed by atoms with Crippen molar-refractivity contribution >= 4 is 11.0 Å². The summed E-state index contributed by atoms with van der Waals surface area (Å²) in [6.45, 7) is 2.75. The van der Waals surface area contributed by atoms with Gasteiger partial charge in [0.25, 0.3) is 0 Å². The second kappa shape index (κ2) is 8.34. The fourth-order valence-corrected chi connectivity index (χ4v) is 4.15. The summed E-state index contributed by atoms with van der Waals surface area (Å²) in [5.74, 6) is 0.759. The molecule has 152 valence electrons. The van der Waals surface area contributed by atoms with Gasteiger partial charge in [-0.25, -0.2) is 0 Å². The van der Waals surface area contributed by atoms with Gasteiger partial charge in [0.05, 0.1) is 6.26 Å². The molecule has 1 N–H and O–H groups in total. The quantitative estimate of drug-likeness (QED) is 0.501. The number of β-amino-alcohol motifs (C(OH)–C–C–N with tert-alkyl or cyclic N) is 1. The largest absolute Gasteiger partial charge is 0.491 e. The van der Waals surface area contributed by atoms with Gasteiger partial charge in [0.1, 0.15) is 24.0 Å². The molecule has 0 bridgehead atoms. The van der Waals surface area contributed by atoms with Crippen LogP contribution in [-0.4, -0.2) is 35.8 Å². The Balaban J connectivity index is 1.20. The summed E-state index contributed by atoms with van der Waals surface area (Å²) in [5, 5.41) is 11.6. The molecule has 0 amide bonds. The zero-order valence-corrected chi connectivity index (χ0v) is 16.8. The monoisotopic (exact) mass is 399 g/mol. The van der Waals surface area contributed by atoms with Gasteiger partial charge in [0, 0.05) is 25.0 Å². The zero-order valence-electron chi connectivity index (χ0n) is 16.8. The number of aliphatic hydroxyl groups excluding tert-OH is 1. The van der Waals surface area contributed by atoms with Crippen LogP contribution in [0.5, 0.6) is 5.75 Å². The van der Waals surface area contributed by atoms with E-state index in [4.69, 9.17) is 9.15 Å². The van der Waals surface area contributed by atoms with Crippen LogP contribution in [0.4, 0.5) is 0 Å². The van der Waals surface area contributed by atoms with Crippen LogP contribution in [0.15, 0.2) is 83.5 Å². The van der Waals surface area contributed by atoms with Crippen molar-refractivity contribution in [2.24, 2.45) is 0 Å². The minimum atomic E-state index is -0.529. The lowest BCUT2D eigenvalue weighted by atomic mass is 10.00. The molecule has 1 atom stereocenters. The van der Waals surface area contributed by atoms with Gasteiger partial charge in [-0.3, -0.25) is 4.90 Å². The minimum absolute atomic E-state index is 0.277. The van der Waals surface area contributed by atoms with Crippen LogP contribution < -0.4 is 4.74 Å². The average molecular weight is 399 g/mol. The molecule has 0 aliphatic carbocycles.